The Morgan fingerprint density at radius 2 is 2.20 bits per heavy atom. The van der Waals surface area contributed by atoms with Gasteiger partial charge in [-0.25, -0.2) is 4.99 Å². The maximum atomic E-state index is 5.54. The third-order valence-corrected chi connectivity index (χ3v) is 2.57. The second-order valence-corrected chi connectivity index (χ2v) is 4.28. The molecule has 0 fully saturated rings. The molecule has 0 amide bonds. The van der Waals surface area contributed by atoms with E-state index in [9.17, 15) is 0 Å². The number of rotatable bonds is 2. The number of nitrogens with zero attached hydrogens (tertiary/aromatic N) is 2. The summed E-state index contributed by atoms with van der Waals surface area (Å²) in [5.74, 6) is 1.21. The standard InChI is InChI=1S/C12H16N2O/c1-8(2)11-7-15-12(14-11)10-5-4-9(3)6-13-10/h4-6,8,11H,7H2,1-3H3. The topological polar surface area (TPSA) is 34.5 Å². The molecule has 0 aromatic carbocycles. The van der Waals surface area contributed by atoms with Crippen LogP contribution in [-0.2, 0) is 4.74 Å². The molecule has 0 N–H and O–H groups in total. The fourth-order valence-corrected chi connectivity index (χ4v) is 1.47. The molecule has 0 bridgehead atoms. The number of ether oxygens (including phenoxy) is 1. The van der Waals surface area contributed by atoms with Gasteiger partial charge in [0.1, 0.15) is 12.3 Å². The second-order valence-electron chi connectivity index (χ2n) is 4.28. The zero-order chi connectivity index (χ0) is 10.8. The van der Waals surface area contributed by atoms with E-state index in [1.54, 1.807) is 0 Å². The first kappa shape index (κ1) is 10.1. The summed E-state index contributed by atoms with van der Waals surface area (Å²) in [6.07, 6.45) is 1.84. The first-order valence-electron chi connectivity index (χ1n) is 5.30. The highest BCUT2D eigenvalue weighted by molar-refractivity contribution is 5.93. The van der Waals surface area contributed by atoms with Crippen LogP contribution in [0.2, 0.25) is 0 Å². The molecule has 1 aromatic heterocycles. The van der Waals surface area contributed by atoms with Gasteiger partial charge in [-0.2, -0.15) is 0 Å². The molecular formula is C12H16N2O. The van der Waals surface area contributed by atoms with Crippen molar-refractivity contribution in [3.05, 3.63) is 29.6 Å². The van der Waals surface area contributed by atoms with Crippen LogP contribution < -0.4 is 0 Å². The molecule has 3 heteroatoms. The summed E-state index contributed by atoms with van der Waals surface area (Å²) < 4.78 is 5.54. The zero-order valence-electron chi connectivity index (χ0n) is 9.40. The predicted octanol–water partition coefficient (Wildman–Crippen LogP) is 2.19. The molecule has 0 saturated carbocycles. The summed E-state index contributed by atoms with van der Waals surface area (Å²) in [7, 11) is 0. The highest BCUT2D eigenvalue weighted by Gasteiger charge is 2.23. The highest BCUT2D eigenvalue weighted by Crippen LogP contribution is 2.16. The van der Waals surface area contributed by atoms with Crippen LogP contribution in [0.5, 0.6) is 0 Å². The number of hydrogen-bond donors (Lipinski definition) is 0. The van der Waals surface area contributed by atoms with E-state index in [0.717, 1.165) is 11.3 Å². The van der Waals surface area contributed by atoms with Crippen LogP contribution in [0.1, 0.15) is 25.1 Å². The van der Waals surface area contributed by atoms with Gasteiger partial charge in [0.05, 0.1) is 6.04 Å². The van der Waals surface area contributed by atoms with Crippen LogP contribution in [0.15, 0.2) is 23.3 Å². The van der Waals surface area contributed by atoms with Crippen LogP contribution >= 0.6 is 0 Å². The average Bonchev–Trinajstić information content (AvgIpc) is 2.68. The molecule has 1 aliphatic rings. The lowest BCUT2D eigenvalue weighted by molar-refractivity contribution is 0.291. The molecular weight excluding hydrogens is 188 g/mol. The SMILES string of the molecule is Cc1ccc(C2=NC(C(C)C)CO2)nc1. The molecule has 0 radical (unpaired) electrons. The van der Waals surface area contributed by atoms with Crippen molar-refractivity contribution >= 4 is 5.90 Å². The minimum Gasteiger partial charge on any atom is -0.474 e. The molecule has 1 unspecified atom stereocenters. The van der Waals surface area contributed by atoms with E-state index in [-0.39, 0.29) is 6.04 Å². The molecule has 1 atom stereocenters. The normalized spacial score (nSPS) is 20.3. The minimum atomic E-state index is 0.281. The monoisotopic (exact) mass is 204 g/mol. The maximum absolute atomic E-state index is 5.54. The third-order valence-electron chi connectivity index (χ3n) is 2.57. The summed E-state index contributed by atoms with van der Waals surface area (Å²) in [6.45, 7) is 7.01. The Morgan fingerprint density at radius 1 is 1.40 bits per heavy atom. The number of aromatic nitrogens is 1. The van der Waals surface area contributed by atoms with Gasteiger partial charge in [-0.1, -0.05) is 19.9 Å². The molecule has 2 rings (SSSR count). The number of pyridine rings is 1. The van der Waals surface area contributed by atoms with Gasteiger partial charge in [0.15, 0.2) is 0 Å². The van der Waals surface area contributed by atoms with Gasteiger partial charge in [0.25, 0.3) is 0 Å². The smallest absolute Gasteiger partial charge is 0.235 e. The second kappa shape index (κ2) is 4.01. The van der Waals surface area contributed by atoms with E-state index < -0.39 is 0 Å². The van der Waals surface area contributed by atoms with Crippen molar-refractivity contribution in [1.82, 2.24) is 4.98 Å². The molecule has 2 heterocycles. The molecule has 1 aliphatic heterocycles. The summed E-state index contributed by atoms with van der Waals surface area (Å²) in [4.78, 5) is 8.82. The van der Waals surface area contributed by atoms with Crippen LogP contribution in [0.3, 0.4) is 0 Å². The van der Waals surface area contributed by atoms with Crippen LogP contribution in [-0.4, -0.2) is 23.5 Å². The van der Waals surface area contributed by atoms with Gasteiger partial charge in [-0.15, -0.1) is 0 Å². The van der Waals surface area contributed by atoms with Crippen molar-refractivity contribution in [3.8, 4) is 0 Å². The Morgan fingerprint density at radius 3 is 2.73 bits per heavy atom. The molecule has 0 saturated heterocycles. The minimum absolute atomic E-state index is 0.281. The molecule has 15 heavy (non-hydrogen) atoms. The summed E-state index contributed by atoms with van der Waals surface area (Å²) in [6, 6.07) is 4.26. The van der Waals surface area contributed by atoms with Crippen LogP contribution in [0.25, 0.3) is 0 Å². The van der Waals surface area contributed by atoms with E-state index in [1.165, 1.54) is 0 Å². The Hall–Kier alpha value is -1.38. The Bertz CT molecular complexity index is 368. The van der Waals surface area contributed by atoms with Crippen molar-refractivity contribution in [2.75, 3.05) is 6.61 Å². The van der Waals surface area contributed by atoms with E-state index in [2.05, 4.69) is 23.8 Å². The molecule has 1 aromatic rings. The zero-order valence-corrected chi connectivity index (χ0v) is 9.40. The Balaban J connectivity index is 2.19. The number of aliphatic imine (C=N–C) groups is 1. The van der Waals surface area contributed by atoms with Crippen molar-refractivity contribution < 1.29 is 4.74 Å². The maximum Gasteiger partial charge on any atom is 0.235 e. The average molecular weight is 204 g/mol. The van der Waals surface area contributed by atoms with E-state index in [1.807, 2.05) is 25.3 Å². The predicted molar refractivity (Wildman–Crippen MR) is 60.1 cm³/mol. The number of aryl methyl sites for hydroxylation is 1. The molecule has 3 nitrogen and oxygen atoms in total. The van der Waals surface area contributed by atoms with Crippen molar-refractivity contribution in [1.29, 1.82) is 0 Å². The summed E-state index contributed by atoms with van der Waals surface area (Å²) in [5, 5.41) is 0. The summed E-state index contributed by atoms with van der Waals surface area (Å²) >= 11 is 0. The third kappa shape index (κ3) is 2.17. The molecule has 0 aliphatic carbocycles. The lowest BCUT2D eigenvalue weighted by Crippen LogP contribution is -2.13. The van der Waals surface area contributed by atoms with E-state index >= 15 is 0 Å². The van der Waals surface area contributed by atoms with Gasteiger partial charge in [-0.3, -0.25) is 4.98 Å². The van der Waals surface area contributed by atoms with Gasteiger partial charge in [0.2, 0.25) is 5.90 Å². The lowest BCUT2D eigenvalue weighted by atomic mass is 10.1. The Labute approximate surface area is 90.2 Å². The van der Waals surface area contributed by atoms with Gasteiger partial charge in [0, 0.05) is 6.20 Å². The molecule has 0 spiro atoms. The van der Waals surface area contributed by atoms with Gasteiger partial charge < -0.3 is 4.74 Å². The van der Waals surface area contributed by atoms with E-state index in [0.29, 0.717) is 18.4 Å². The highest BCUT2D eigenvalue weighted by atomic mass is 16.5. The van der Waals surface area contributed by atoms with Crippen molar-refractivity contribution in [3.63, 3.8) is 0 Å². The van der Waals surface area contributed by atoms with Gasteiger partial charge >= 0.3 is 0 Å². The first-order chi connectivity index (χ1) is 7.16. The van der Waals surface area contributed by atoms with Crippen molar-refractivity contribution in [2.24, 2.45) is 10.9 Å². The molecule has 80 valence electrons. The first-order valence-corrected chi connectivity index (χ1v) is 5.30. The summed E-state index contributed by atoms with van der Waals surface area (Å²) in [5.41, 5.74) is 1.99. The fourth-order valence-electron chi connectivity index (χ4n) is 1.47. The van der Waals surface area contributed by atoms with E-state index in [4.69, 9.17) is 4.74 Å². The largest absolute Gasteiger partial charge is 0.474 e. The van der Waals surface area contributed by atoms with Crippen LogP contribution in [0.4, 0.5) is 0 Å². The quantitative estimate of drug-likeness (QED) is 0.740. The van der Waals surface area contributed by atoms with Gasteiger partial charge in [-0.05, 0) is 24.5 Å². The van der Waals surface area contributed by atoms with Crippen LogP contribution in [0, 0.1) is 12.8 Å². The fraction of sp³-hybridized carbons (Fsp3) is 0.500. The Kier molecular flexibility index (Phi) is 2.71. The number of hydrogen-bond acceptors (Lipinski definition) is 3. The van der Waals surface area contributed by atoms with Crippen molar-refractivity contribution in [2.45, 2.75) is 26.8 Å². The lowest BCUT2D eigenvalue weighted by Gasteiger charge is -2.06.